The first-order chi connectivity index (χ1) is 12.6. The zero-order valence-electron chi connectivity index (χ0n) is 15.4. The predicted octanol–water partition coefficient (Wildman–Crippen LogP) is 3.64. The van der Waals surface area contributed by atoms with E-state index < -0.39 is 5.82 Å². The molecule has 0 atom stereocenters. The number of thiazole rings is 1. The van der Waals surface area contributed by atoms with Crippen LogP contribution in [0.5, 0.6) is 0 Å². The van der Waals surface area contributed by atoms with E-state index in [-0.39, 0.29) is 29.8 Å². The van der Waals surface area contributed by atoms with Crippen molar-refractivity contribution in [1.82, 2.24) is 15.2 Å². The monoisotopic (exact) mass is 507 g/mol. The van der Waals surface area contributed by atoms with Gasteiger partial charge in [0.15, 0.2) is 5.96 Å². The highest BCUT2D eigenvalue weighted by Crippen LogP contribution is 2.22. The topological polar surface area (TPSA) is 43.8 Å². The summed E-state index contributed by atoms with van der Waals surface area (Å²) in [6.45, 7) is 8.02. The van der Waals surface area contributed by atoms with Gasteiger partial charge in [-0.1, -0.05) is 0 Å². The van der Waals surface area contributed by atoms with Crippen molar-refractivity contribution < 1.29 is 8.78 Å². The van der Waals surface area contributed by atoms with Gasteiger partial charge >= 0.3 is 0 Å². The van der Waals surface area contributed by atoms with Crippen molar-refractivity contribution in [2.24, 2.45) is 4.99 Å². The molecule has 1 aliphatic heterocycles. The summed E-state index contributed by atoms with van der Waals surface area (Å²) < 4.78 is 27.4. The van der Waals surface area contributed by atoms with Crippen molar-refractivity contribution >= 4 is 47.0 Å². The molecule has 1 N–H and O–H groups in total. The second-order valence-electron chi connectivity index (χ2n) is 6.10. The molecule has 0 bridgehead atoms. The third-order valence-electron chi connectivity index (χ3n) is 4.38. The minimum absolute atomic E-state index is 0. The quantitative estimate of drug-likeness (QED) is 0.390. The lowest BCUT2D eigenvalue weighted by Crippen LogP contribution is -2.52. The summed E-state index contributed by atoms with van der Waals surface area (Å²) in [5.41, 5.74) is 3.17. The van der Waals surface area contributed by atoms with Crippen LogP contribution in [0.15, 0.2) is 28.7 Å². The fourth-order valence-electron chi connectivity index (χ4n) is 2.94. The van der Waals surface area contributed by atoms with E-state index >= 15 is 0 Å². The minimum atomic E-state index is -0.418. The van der Waals surface area contributed by atoms with Crippen LogP contribution in [0.1, 0.15) is 17.5 Å². The molecular formula is C18H24F2IN5S. The summed E-state index contributed by atoms with van der Waals surface area (Å²) >= 11 is 1.61. The average molecular weight is 507 g/mol. The maximum absolute atomic E-state index is 14.0. The fraction of sp³-hybridized carbons (Fsp3) is 0.444. The van der Waals surface area contributed by atoms with Gasteiger partial charge in [0.05, 0.1) is 23.4 Å². The number of aliphatic imine (C=N–C) groups is 1. The molecule has 148 valence electrons. The Kier molecular flexibility index (Phi) is 8.21. The molecule has 1 fully saturated rings. The molecule has 0 saturated carbocycles. The van der Waals surface area contributed by atoms with E-state index in [1.54, 1.807) is 11.3 Å². The number of aromatic nitrogens is 1. The van der Waals surface area contributed by atoms with Gasteiger partial charge in [0.2, 0.25) is 0 Å². The van der Waals surface area contributed by atoms with Crippen LogP contribution in [-0.2, 0) is 6.54 Å². The van der Waals surface area contributed by atoms with Crippen molar-refractivity contribution in [3.63, 3.8) is 0 Å². The van der Waals surface area contributed by atoms with Gasteiger partial charge in [-0.05, 0) is 26.0 Å². The highest BCUT2D eigenvalue weighted by molar-refractivity contribution is 14.0. The SMILES string of the molecule is CCNC(=NCc1scnc1C)N1CCN(c2cc(F)ccc2F)CC1.I. The molecule has 0 radical (unpaired) electrons. The average Bonchev–Trinajstić information content (AvgIpc) is 3.06. The molecule has 9 heteroatoms. The summed E-state index contributed by atoms with van der Waals surface area (Å²) in [6, 6.07) is 3.59. The van der Waals surface area contributed by atoms with Gasteiger partial charge in [0.25, 0.3) is 0 Å². The van der Waals surface area contributed by atoms with Crippen molar-refractivity contribution in [2.45, 2.75) is 20.4 Å². The molecule has 3 rings (SSSR count). The van der Waals surface area contributed by atoms with E-state index in [9.17, 15) is 8.78 Å². The van der Waals surface area contributed by atoms with Crippen LogP contribution in [0, 0.1) is 18.6 Å². The number of hydrogen-bond donors (Lipinski definition) is 1. The molecule has 1 aromatic heterocycles. The number of guanidine groups is 1. The minimum Gasteiger partial charge on any atom is -0.366 e. The Balaban J connectivity index is 0.00000261. The van der Waals surface area contributed by atoms with E-state index in [1.165, 1.54) is 12.1 Å². The first kappa shape index (κ1) is 21.8. The van der Waals surface area contributed by atoms with Crippen molar-refractivity contribution in [2.75, 3.05) is 37.6 Å². The van der Waals surface area contributed by atoms with E-state index in [1.807, 2.05) is 24.3 Å². The number of benzene rings is 1. The zero-order valence-corrected chi connectivity index (χ0v) is 18.6. The fourth-order valence-corrected chi connectivity index (χ4v) is 3.64. The lowest BCUT2D eigenvalue weighted by molar-refractivity contribution is 0.370. The molecule has 1 aliphatic rings. The van der Waals surface area contributed by atoms with Gasteiger partial charge in [0.1, 0.15) is 11.6 Å². The third-order valence-corrected chi connectivity index (χ3v) is 5.30. The summed E-state index contributed by atoms with van der Waals surface area (Å²) in [5.74, 6) is 0.0411. The lowest BCUT2D eigenvalue weighted by atomic mass is 10.2. The molecule has 2 aromatic rings. The number of piperazine rings is 1. The molecular weight excluding hydrogens is 483 g/mol. The van der Waals surface area contributed by atoms with Crippen LogP contribution in [0.2, 0.25) is 0 Å². The van der Waals surface area contributed by atoms with Gasteiger partial charge in [0, 0.05) is 43.7 Å². The maximum Gasteiger partial charge on any atom is 0.194 e. The standard InChI is InChI=1S/C18H23F2N5S.HI/c1-3-21-18(22-11-17-13(2)23-12-26-17)25-8-6-24(7-9-25)16-10-14(19)4-5-15(16)20;/h4-5,10,12H,3,6-9,11H2,1-2H3,(H,21,22);1H. The number of nitrogens with one attached hydrogen (secondary N) is 1. The Morgan fingerprint density at radius 3 is 2.63 bits per heavy atom. The Morgan fingerprint density at radius 2 is 2.00 bits per heavy atom. The van der Waals surface area contributed by atoms with Gasteiger partial charge in [-0.2, -0.15) is 0 Å². The smallest absolute Gasteiger partial charge is 0.194 e. The summed E-state index contributed by atoms with van der Waals surface area (Å²) in [6.07, 6.45) is 0. The Morgan fingerprint density at radius 1 is 1.26 bits per heavy atom. The second kappa shape index (κ2) is 10.2. The van der Waals surface area contributed by atoms with Crippen LogP contribution in [0.3, 0.4) is 0 Å². The lowest BCUT2D eigenvalue weighted by Gasteiger charge is -2.37. The highest BCUT2D eigenvalue weighted by Gasteiger charge is 2.22. The first-order valence-electron chi connectivity index (χ1n) is 8.70. The molecule has 5 nitrogen and oxygen atoms in total. The molecule has 1 aromatic carbocycles. The van der Waals surface area contributed by atoms with Crippen LogP contribution >= 0.6 is 35.3 Å². The second-order valence-corrected chi connectivity index (χ2v) is 7.04. The Hall–Kier alpha value is -1.49. The van der Waals surface area contributed by atoms with Crippen LogP contribution in [0.25, 0.3) is 0 Å². The molecule has 27 heavy (non-hydrogen) atoms. The zero-order chi connectivity index (χ0) is 18.5. The molecule has 0 amide bonds. The highest BCUT2D eigenvalue weighted by atomic mass is 127. The van der Waals surface area contributed by atoms with E-state index in [4.69, 9.17) is 4.99 Å². The first-order valence-corrected chi connectivity index (χ1v) is 9.58. The van der Waals surface area contributed by atoms with Crippen molar-refractivity contribution in [1.29, 1.82) is 0 Å². The van der Waals surface area contributed by atoms with Crippen LogP contribution in [-0.4, -0.2) is 48.6 Å². The summed E-state index contributed by atoms with van der Waals surface area (Å²) in [7, 11) is 0. The molecule has 0 aliphatic carbocycles. The number of aryl methyl sites for hydroxylation is 1. The number of anilines is 1. The van der Waals surface area contributed by atoms with E-state index in [0.717, 1.165) is 29.1 Å². The number of nitrogens with zero attached hydrogens (tertiary/aromatic N) is 4. The van der Waals surface area contributed by atoms with Crippen LogP contribution in [0.4, 0.5) is 14.5 Å². The number of rotatable bonds is 4. The maximum atomic E-state index is 14.0. The Bertz CT molecular complexity index is 775. The predicted molar refractivity (Wildman–Crippen MR) is 117 cm³/mol. The Labute approximate surface area is 179 Å². The largest absolute Gasteiger partial charge is 0.366 e. The summed E-state index contributed by atoms with van der Waals surface area (Å²) in [5, 5.41) is 3.32. The van der Waals surface area contributed by atoms with Crippen molar-refractivity contribution in [3.8, 4) is 0 Å². The van der Waals surface area contributed by atoms with Gasteiger partial charge in [-0.15, -0.1) is 35.3 Å². The number of halogens is 3. The van der Waals surface area contributed by atoms with Crippen molar-refractivity contribution in [3.05, 3.63) is 45.9 Å². The van der Waals surface area contributed by atoms with Crippen LogP contribution < -0.4 is 10.2 Å². The molecule has 0 unspecified atom stereocenters. The van der Waals surface area contributed by atoms with E-state index in [2.05, 4.69) is 15.2 Å². The number of hydrogen-bond acceptors (Lipinski definition) is 4. The van der Waals surface area contributed by atoms with Gasteiger partial charge in [-0.3, -0.25) is 0 Å². The van der Waals surface area contributed by atoms with Gasteiger partial charge in [-0.25, -0.2) is 18.8 Å². The normalized spacial score (nSPS) is 14.9. The molecule has 1 saturated heterocycles. The van der Waals surface area contributed by atoms with Gasteiger partial charge < -0.3 is 15.1 Å². The van der Waals surface area contributed by atoms with E-state index in [0.29, 0.717) is 38.4 Å². The summed E-state index contributed by atoms with van der Waals surface area (Å²) in [4.78, 5) is 14.2. The molecule has 2 heterocycles. The third kappa shape index (κ3) is 5.50. The molecule has 0 spiro atoms.